The number of hydrogen-bond donors (Lipinski definition) is 1. The van der Waals surface area contributed by atoms with Crippen LogP contribution in [0.4, 0.5) is 0 Å². The first-order valence-corrected chi connectivity index (χ1v) is 8.59. The number of thiol groups is 1. The number of carbonyl (C=O) groups is 1. The zero-order chi connectivity index (χ0) is 16.7. The summed E-state index contributed by atoms with van der Waals surface area (Å²) in [6.45, 7) is 4.38. The summed E-state index contributed by atoms with van der Waals surface area (Å²) in [4.78, 5) is 12.3. The fourth-order valence-corrected chi connectivity index (χ4v) is 2.84. The van der Waals surface area contributed by atoms with E-state index in [1.54, 1.807) is 0 Å². The zero-order valence-corrected chi connectivity index (χ0v) is 14.7. The Hall–Kier alpha value is -1.74. The molecule has 2 aromatic rings. The van der Waals surface area contributed by atoms with Crippen LogP contribution in [0.2, 0.25) is 0 Å². The molecule has 0 aliphatic heterocycles. The molecule has 0 amide bonds. The molecule has 0 aromatic heterocycles. The fourth-order valence-electron chi connectivity index (χ4n) is 2.52. The molecule has 0 atom stereocenters. The highest BCUT2D eigenvalue weighted by Crippen LogP contribution is 2.26. The molecule has 0 radical (unpaired) electrons. The summed E-state index contributed by atoms with van der Waals surface area (Å²) in [5.41, 5.74) is 4.89. The van der Waals surface area contributed by atoms with Gasteiger partial charge in [-0.1, -0.05) is 42.0 Å². The predicted molar refractivity (Wildman–Crippen MR) is 98.1 cm³/mol. The molecule has 0 bridgehead atoms. The van der Waals surface area contributed by atoms with E-state index >= 15 is 0 Å². The smallest absolute Gasteiger partial charge is 0.305 e. The van der Waals surface area contributed by atoms with Crippen molar-refractivity contribution >= 4 is 18.6 Å². The van der Waals surface area contributed by atoms with Crippen molar-refractivity contribution < 1.29 is 9.53 Å². The monoisotopic (exact) mass is 328 g/mol. The average molecular weight is 328 g/mol. The van der Waals surface area contributed by atoms with Gasteiger partial charge in [-0.05, 0) is 55.9 Å². The van der Waals surface area contributed by atoms with Crippen molar-refractivity contribution in [3.63, 3.8) is 0 Å². The zero-order valence-electron chi connectivity index (χ0n) is 13.8. The molecule has 0 N–H and O–H groups in total. The Bertz CT molecular complexity index is 647. The average Bonchev–Trinajstić information content (AvgIpc) is 2.54. The molecule has 0 fully saturated rings. The normalized spacial score (nSPS) is 10.6. The Morgan fingerprint density at radius 2 is 1.74 bits per heavy atom. The molecule has 0 spiro atoms. The minimum absolute atomic E-state index is 0.103. The van der Waals surface area contributed by atoms with Crippen molar-refractivity contribution in [3.05, 3.63) is 53.6 Å². The predicted octanol–water partition coefficient (Wildman–Crippen LogP) is 5.23. The van der Waals surface area contributed by atoms with E-state index in [-0.39, 0.29) is 5.97 Å². The van der Waals surface area contributed by atoms with Gasteiger partial charge in [-0.2, -0.15) is 0 Å². The van der Waals surface area contributed by atoms with E-state index in [4.69, 9.17) is 4.74 Å². The van der Waals surface area contributed by atoms with Gasteiger partial charge in [0, 0.05) is 11.3 Å². The van der Waals surface area contributed by atoms with Gasteiger partial charge in [0.2, 0.25) is 0 Å². The first kappa shape index (κ1) is 17.6. The SMILES string of the molecule is CCOC(=O)CCCCc1ccc(-c2ccc(C)cc2)cc1S. The van der Waals surface area contributed by atoms with Crippen molar-refractivity contribution in [1.29, 1.82) is 0 Å². The molecule has 0 saturated carbocycles. The first-order chi connectivity index (χ1) is 11.1. The lowest BCUT2D eigenvalue weighted by atomic mass is 10.0. The van der Waals surface area contributed by atoms with Crippen LogP contribution in [0, 0.1) is 6.92 Å². The molecule has 0 aliphatic carbocycles. The van der Waals surface area contributed by atoms with Gasteiger partial charge >= 0.3 is 5.97 Å². The van der Waals surface area contributed by atoms with Gasteiger partial charge in [0.25, 0.3) is 0 Å². The van der Waals surface area contributed by atoms with Crippen LogP contribution in [0.15, 0.2) is 47.4 Å². The third-order valence-electron chi connectivity index (χ3n) is 3.85. The maximum Gasteiger partial charge on any atom is 0.305 e. The minimum atomic E-state index is -0.103. The fraction of sp³-hybridized carbons (Fsp3) is 0.350. The first-order valence-electron chi connectivity index (χ1n) is 8.14. The largest absolute Gasteiger partial charge is 0.466 e. The Morgan fingerprint density at radius 1 is 1.04 bits per heavy atom. The van der Waals surface area contributed by atoms with Crippen LogP contribution >= 0.6 is 12.6 Å². The van der Waals surface area contributed by atoms with Crippen LogP contribution < -0.4 is 0 Å². The number of esters is 1. The van der Waals surface area contributed by atoms with Crippen LogP contribution in [0.5, 0.6) is 0 Å². The third kappa shape index (κ3) is 5.43. The van der Waals surface area contributed by atoms with E-state index in [9.17, 15) is 4.79 Å². The molecule has 2 rings (SSSR count). The Morgan fingerprint density at radius 3 is 2.39 bits per heavy atom. The quantitative estimate of drug-likeness (QED) is 0.428. The van der Waals surface area contributed by atoms with Crippen molar-refractivity contribution in [2.24, 2.45) is 0 Å². The summed E-state index contributed by atoms with van der Waals surface area (Å²) in [7, 11) is 0. The van der Waals surface area contributed by atoms with Gasteiger partial charge in [0.1, 0.15) is 0 Å². The van der Waals surface area contributed by atoms with Crippen LogP contribution in [0.1, 0.15) is 37.3 Å². The second-order valence-electron chi connectivity index (χ2n) is 5.72. The van der Waals surface area contributed by atoms with Gasteiger partial charge in [-0.3, -0.25) is 4.79 Å². The molecule has 0 aliphatic rings. The van der Waals surface area contributed by atoms with E-state index in [1.165, 1.54) is 22.3 Å². The Kier molecular flexibility index (Phi) is 6.72. The van der Waals surface area contributed by atoms with Gasteiger partial charge in [0.05, 0.1) is 6.61 Å². The lowest BCUT2D eigenvalue weighted by molar-refractivity contribution is -0.143. The van der Waals surface area contributed by atoms with Gasteiger partial charge in [0.15, 0.2) is 0 Å². The van der Waals surface area contributed by atoms with Crippen molar-refractivity contribution in [1.82, 2.24) is 0 Å². The topological polar surface area (TPSA) is 26.3 Å². The van der Waals surface area contributed by atoms with Crippen LogP contribution in [0.3, 0.4) is 0 Å². The molecular formula is C20H24O2S. The molecule has 0 saturated heterocycles. The summed E-state index contributed by atoms with van der Waals surface area (Å²) in [6.07, 6.45) is 3.26. The van der Waals surface area contributed by atoms with Crippen LogP contribution in [0.25, 0.3) is 11.1 Å². The van der Waals surface area contributed by atoms with Crippen LogP contribution in [-0.4, -0.2) is 12.6 Å². The number of ether oxygens (including phenoxy) is 1. The maximum atomic E-state index is 11.3. The van der Waals surface area contributed by atoms with Crippen molar-refractivity contribution in [2.75, 3.05) is 6.61 Å². The maximum absolute atomic E-state index is 11.3. The number of benzene rings is 2. The Balaban J connectivity index is 1.92. The lowest BCUT2D eigenvalue weighted by Gasteiger charge is -2.09. The summed E-state index contributed by atoms with van der Waals surface area (Å²) in [5.74, 6) is -0.103. The van der Waals surface area contributed by atoms with Crippen LogP contribution in [-0.2, 0) is 16.0 Å². The van der Waals surface area contributed by atoms with E-state index in [0.717, 1.165) is 24.2 Å². The molecule has 0 unspecified atom stereocenters. The molecule has 2 aromatic carbocycles. The summed E-state index contributed by atoms with van der Waals surface area (Å²) in [5, 5.41) is 0. The highest BCUT2D eigenvalue weighted by atomic mass is 32.1. The van der Waals surface area contributed by atoms with Crippen molar-refractivity contribution in [2.45, 2.75) is 44.4 Å². The van der Waals surface area contributed by atoms with E-state index in [1.807, 2.05) is 6.92 Å². The second-order valence-corrected chi connectivity index (χ2v) is 6.20. The van der Waals surface area contributed by atoms with Gasteiger partial charge in [-0.15, -0.1) is 12.6 Å². The highest BCUT2D eigenvalue weighted by molar-refractivity contribution is 7.80. The van der Waals surface area contributed by atoms with Gasteiger partial charge < -0.3 is 4.74 Å². The molecule has 2 nitrogen and oxygen atoms in total. The lowest BCUT2D eigenvalue weighted by Crippen LogP contribution is -2.03. The molecule has 122 valence electrons. The summed E-state index contributed by atoms with van der Waals surface area (Å²) < 4.78 is 4.94. The third-order valence-corrected chi connectivity index (χ3v) is 4.27. The minimum Gasteiger partial charge on any atom is -0.466 e. The number of aryl methyl sites for hydroxylation is 2. The Labute approximate surface area is 144 Å². The molecule has 0 heterocycles. The number of rotatable bonds is 7. The van der Waals surface area contributed by atoms with Gasteiger partial charge in [-0.25, -0.2) is 0 Å². The highest BCUT2D eigenvalue weighted by Gasteiger charge is 2.05. The number of unbranched alkanes of at least 4 members (excludes halogenated alkanes) is 1. The molecule has 23 heavy (non-hydrogen) atoms. The second kappa shape index (κ2) is 8.78. The standard InChI is InChI=1S/C20H24O2S/c1-3-22-20(21)7-5-4-6-17-12-13-18(14-19(17)23)16-10-8-15(2)9-11-16/h8-14,23H,3-7H2,1-2H3. The number of hydrogen-bond acceptors (Lipinski definition) is 3. The molecule has 3 heteroatoms. The summed E-state index contributed by atoms with van der Waals surface area (Å²) >= 11 is 4.62. The van der Waals surface area contributed by atoms with E-state index in [2.05, 4.69) is 62.0 Å². The summed E-state index contributed by atoms with van der Waals surface area (Å²) in [6, 6.07) is 14.9. The van der Waals surface area contributed by atoms with Crippen molar-refractivity contribution in [3.8, 4) is 11.1 Å². The number of carbonyl (C=O) groups excluding carboxylic acids is 1. The molecular weight excluding hydrogens is 304 g/mol. The van der Waals surface area contributed by atoms with E-state index in [0.29, 0.717) is 13.0 Å². The van der Waals surface area contributed by atoms with E-state index < -0.39 is 0 Å².